The number of likely N-dealkylation sites (tertiary alicyclic amines) is 1. The van der Waals surface area contributed by atoms with E-state index < -0.39 is 45.7 Å². The maximum atomic E-state index is 14.7. The van der Waals surface area contributed by atoms with E-state index in [1.807, 2.05) is 0 Å². The molecule has 2 aromatic heterocycles. The van der Waals surface area contributed by atoms with Crippen LogP contribution in [0.4, 0.5) is 18.0 Å². The second-order valence-electron chi connectivity index (χ2n) is 10.3. The van der Waals surface area contributed by atoms with Gasteiger partial charge in [-0.2, -0.15) is 10.2 Å². The number of carbonyl (C=O) groups excluding carboxylic acids is 1. The summed E-state index contributed by atoms with van der Waals surface area (Å²) in [5, 5.41) is 9.56. The van der Waals surface area contributed by atoms with Crippen LogP contribution in [0.25, 0.3) is 5.82 Å². The molecule has 1 N–H and O–H groups in total. The van der Waals surface area contributed by atoms with Gasteiger partial charge in [0.15, 0.2) is 17.4 Å². The SMILES string of the molecule is Cc1nn(-c2cc(OC3CN(C(=O)N4N=CC[C@H]4c4cc(F)cc(F)c4)C3)c(F)cn2)c(C)c1S(=O)(=O)NC1COC1. The molecule has 0 unspecified atom stereocenters. The van der Waals surface area contributed by atoms with Crippen molar-refractivity contribution >= 4 is 22.3 Å². The number of urea groups is 1. The Bertz CT molecular complexity index is 1670. The number of carbonyl (C=O) groups is 1. The minimum Gasteiger partial charge on any atom is -0.483 e. The van der Waals surface area contributed by atoms with Gasteiger partial charge < -0.3 is 14.4 Å². The van der Waals surface area contributed by atoms with Crippen molar-refractivity contribution in [3.8, 4) is 11.6 Å². The van der Waals surface area contributed by atoms with Crippen molar-refractivity contribution in [1.82, 2.24) is 29.4 Å². The Morgan fingerprint density at radius 3 is 2.48 bits per heavy atom. The molecule has 0 radical (unpaired) electrons. The Kier molecular flexibility index (Phi) is 7.14. The predicted molar refractivity (Wildman–Crippen MR) is 141 cm³/mol. The Labute approximate surface area is 238 Å². The number of rotatable bonds is 7. The van der Waals surface area contributed by atoms with E-state index in [2.05, 4.69) is 19.9 Å². The van der Waals surface area contributed by atoms with Crippen molar-refractivity contribution in [1.29, 1.82) is 0 Å². The third-order valence-electron chi connectivity index (χ3n) is 7.18. The largest absolute Gasteiger partial charge is 0.483 e. The number of hydrogen-bond acceptors (Lipinski definition) is 8. The molecule has 3 aromatic rings. The highest BCUT2D eigenvalue weighted by molar-refractivity contribution is 7.89. The summed E-state index contributed by atoms with van der Waals surface area (Å²) < 4.78 is 82.8. The third kappa shape index (κ3) is 5.20. The Hall–Kier alpha value is -4.02. The monoisotopic (exact) mass is 605 g/mol. The highest BCUT2D eigenvalue weighted by Gasteiger charge is 2.39. The van der Waals surface area contributed by atoms with Crippen molar-refractivity contribution in [2.75, 3.05) is 26.3 Å². The number of benzene rings is 1. The fourth-order valence-corrected chi connectivity index (χ4v) is 6.67. The van der Waals surface area contributed by atoms with E-state index in [1.54, 1.807) is 13.8 Å². The Morgan fingerprint density at radius 2 is 1.81 bits per heavy atom. The highest BCUT2D eigenvalue weighted by atomic mass is 32.2. The standard InChI is InChI=1S/C26H26F3N7O5S/c1-14-25(42(38,39)33-19-12-40-13-19)15(2)35(32-14)24-8-23(21(29)9-30-24)41-20-10-34(11-20)26(37)36-22(3-4-31-36)16-5-17(27)7-18(28)6-16/h4-9,19-20,22,33H,3,10-13H2,1-2H3/t22-/m0/s1. The number of hydrogen-bond donors (Lipinski definition) is 1. The second-order valence-corrected chi connectivity index (χ2v) is 11.9. The maximum Gasteiger partial charge on any atom is 0.341 e. The molecule has 0 spiro atoms. The number of nitrogens with zero attached hydrogens (tertiary/aromatic N) is 6. The van der Waals surface area contributed by atoms with Crippen molar-refractivity contribution in [2.45, 2.75) is 43.4 Å². The lowest BCUT2D eigenvalue weighted by atomic mass is 10.0. The summed E-state index contributed by atoms with van der Waals surface area (Å²) in [6, 6.07) is 2.93. The van der Waals surface area contributed by atoms with Gasteiger partial charge >= 0.3 is 6.03 Å². The molecule has 0 saturated carbocycles. The number of nitrogens with one attached hydrogen (secondary N) is 1. The molecule has 6 rings (SSSR count). The molecular formula is C26H26F3N7O5S. The van der Waals surface area contributed by atoms with Gasteiger partial charge in [-0.1, -0.05) is 0 Å². The van der Waals surface area contributed by atoms with Crippen LogP contribution < -0.4 is 9.46 Å². The van der Waals surface area contributed by atoms with Gasteiger partial charge in [-0.25, -0.2) is 45.8 Å². The number of amides is 2. The van der Waals surface area contributed by atoms with Crippen molar-refractivity contribution in [3.05, 3.63) is 64.9 Å². The summed E-state index contributed by atoms with van der Waals surface area (Å²) >= 11 is 0. The molecule has 16 heteroatoms. The van der Waals surface area contributed by atoms with Gasteiger partial charge in [-0.3, -0.25) is 0 Å². The lowest BCUT2D eigenvalue weighted by molar-refractivity contribution is 0.00481. The number of sulfonamides is 1. The fraction of sp³-hybridized carbons (Fsp3) is 0.385. The smallest absolute Gasteiger partial charge is 0.341 e. The van der Waals surface area contributed by atoms with Crippen molar-refractivity contribution in [3.63, 3.8) is 0 Å². The van der Waals surface area contributed by atoms with Crippen LogP contribution in [0.15, 0.2) is 40.5 Å². The summed E-state index contributed by atoms with van der Waals surface area (Å²) in [6.45, 7) is 3.93. The van der Waals surface area contributed by atoms with Gasteiger partial charge in [0.1, 0.15) is 22.6 Å². The first-order valence-corrected chi connectivity index (χ1v) is 14.5. The van der Waals surface area contributed by atoms with Crippen LogP contribution in [0.3, 0.4) is 0 Å². The molecule has 1 aromatic carbocycles. The molecule has 3 aliphatic heterocycles. The molecular weight excluding hydrogens is 579 g/mol. The lowest BCUT2D eigenvalue weighted by Gasteiger charge is -2.41. The second kappa shape index (κ2) is 10.7. The first-order chi connectivity index (χ1) is 20.0. The molecule has 0 bridgehead atoms. The third-order valence-corrected chi connectivity index (χ3v) is 8.96. The number of aryl methyl sites for hydroxylation is 1. The number of pyridine rings is 1. The van der Waals surface area contributed by atoms with E-state index in [0.29, 0.717) is 6.42 Å². The number of hydrazone groups is 1. The zero-order valence-electron chi connectivity index (χ0n) is 22.5. The lowest BCUT2D eigenvalue weighted by Crippen LogP contribution is -2.58. The van der Waals surface area contributed by atoms with E-state index in [-0.39, 0.29) is 65.8 Å². The zero-order chi connectivity index (χ0) is 29.8. The summed E-state index contributed by atoms with van der Waals surface area (Å²) in [5.74, 6) is -2.25. The average molecular weight is 606 g/mol. The van der Waals surface area contributed by atoms with Crippen LogP contribution >= 0.6 is 0 Å². The topological polar surface area (TPSA) is 131 Å². The molecule has 42 heavy (non-hydrogen) atoms. The normalized spacial score (nSPS) is 19.2. The molecule has 1 atom stereocenters. The molecule has 2 amide bonds. The number of aromatic nitrogens is 3. The minimum atomic E-state index is -3.88. The summed E-state index contributed by atoms with van der Waals surface area (Å²) in [6.07, 6.45) is 2.19. The van der Waals surface area contributed by atoms with Gasteiger partial charge in [0.25, 0.3) is 0 Å². The zero-order valence-corrected chi connectivity index (χ0v) is 23.3. The van der Waals surface area contributed by atoms with Crippen molar-refractivity contribution in [2.24, 2.45) is 5.10 Å². The van der Waals surface area contributed by atoms with Crippen molar-refractivity contribution < 1.29 is 35.9 Å². The van der Waals surface area contributed by atoms with E-state index >= 15 is 0 Å². The molecule has 2 saturated heterocycles. The van der Waals surface area contributed by atoms with Crippen LogP contribution in [0, 0.1) is 31.3 Å². The molecule has 2 fully saturated rings. The fourth-order valence-electron chi connectivity index (χ4n) is 5.07. The van der Waals surface area contributed by atoms with Crippen LogP contribution in [0.5, 0.6) is 5.75 Å². The van der Waals surface area contributed by atoms with Crippen LogP contribution in [0.1, 0.15) is 29.4 Å². The first kappa shape index (κ1) is 28.1. The molecule has 222 valence electrons. The van der Waals surface area contributed by atoms with Gasteiger partial charge in [0.2, 0.25) is 10.0 Å². The van der Waals surface area contributed by atoms with E-state index in [4.69, 9.17) is 9.47 Å². The average Bonchev–Trinajstić information content (AvgIpc) is 3.48. The quantitative estimate of drug-likeness (QED) is 0.438. The summed E-state index contributed by atoms with van der Waals surface area (Å²) in [5.41, 5.74) is 0.807. The summed E-state index contributed by atoms with van der Waals surface area (Å²) in [7, 11) is -3.88. The first-order valence-electron chi connectivity index (χ1n) is 13.1. The van der Waals surface area contributed by atoms with E-state index in [0.717, 1.165) is 29.4 Å². The van der Waals surface area contributed by atoms with Crippen LogP contribution in [-0.4, -0.2) is 83.8 Å². The van der Waals surface area contributed by atoms with E-state index in [9.17, 15) is 26.4 Å². The molecule has 3 aliphatic rings. The number of halogens is 3. The predicted octanol–water partition coefficient (Wildman–Crippen LogP) is 2.59. The van der Waals surface area contributed by atoms with Crippen LogP contribution in [-0.2, 0) is 14.8 Å². The number of ether oxygens (including phenoxy) is 2. The Morgan fingerprint density at radius 1 is 1.10 bits per heavy atom. The maximum absolute atomic E-state index is 14.7. The van der Waals surface area contributed by atoms with Gasteiger partial charge in [0.05, 0.1) is 56.0 Å². The van der Waals surface area contributed by atoms with Gasteiger partial charge in [-0.05, 0) is 31.5 Å². The Balaban J connectivity index is 1.13. The molecule has 12 nitrogen and oxygen atoms in total. The van der Waals surface area contributed by atoms with Gasteiger partial charge in [-0.15, -0.1) is 0 Å². The highest BCUT2D eigenvalue weighted by Crippen LogP contribution is 2.32. The molecule has 5 heterocycles. The molecule has 0 aliphatic carbocycles. The van der Waals surface area contributed by atoms with Gasteiger partial charge in [0, 0.05) is 24.8 Å². The minimum absolute atomic E-state index is 0.00000364. The summed E-state index contributed by atoms with van der Waals surface area (Å²) in [4.78, 5) is 18.6. The van der Waals surface area contributed by atoms with E-state index in [1.165, 1.54) is 21.9 Å². The van der Waals surface area contributed by atoms with Crippen LogP contribution in [0.2, 0.25) is 0 Å².